The molecular formula is C12H18ClN3O. The Bertz CT molecular complexity index is 369. The predicted molar refractivity (Wildman–Crippen MR) is 68.7 cm³/mol. The summed E-state index contributed by atoms with van der Waals surface area (Å²) in [6.45, 7) is 4.68. The lowest BCUT2D eigenvalue weighted by atomic mass is 10.3. The minimum atomic E-state index is 0.116. The lowest BCUT2D eigenvalue weighted by Gasteiger charge is -2.12. The summed E-state index contributed by atoms with van der Waals surface area (Å²) in [4.78, 5) is 8.19. The third-order valence-electron chi connectivity index (χ3n) is 2.61. The van der Waals surface area contributed by atoms with E-state index in [0.717, 1.165) is 12.4 Å². The minimum Gasteiger partial charge on any atom is -0.475 e. The van der Waals surface area contributed by atoms with Crippen LogP contribution in [0.15, 0.2) is 12.4 Å². The van der Waals surface area contributed by atoms with Crippen molar-refractivity contribution < 1.29 is 4.74 Å². The molecule has 1 aliphatic carbocycles. The molecule has 0 bridgehead atoms. The summed E-state index contributed by atoms with van der Waals surface area (Å²) in [5, 5.41) is 3.41. The Kier molecular flexibility index (Phi) is 4.05. The van der Waals surface area contributed by atoms with Crippen LogP contribution in [-0.4, -0.2) is 28.0 Å². The van der Waals surface area contributed by atoms with Gasteiger partial charge in [-0.15, -0.1) is 11.6 Å². The monoisotopic (exact) mass is 255 g/mol. The zero-order chi connectivity index (χ0) is 12.3. The van der Waals surface area contributed by atoms with Gasteiger partial charge in [-0.2, -0.15) is 0 Å². The van der Waals surface area contributed by atoms with Gasteiger partial charge in [0.25, 0.3) is 0 Å². The second-order valence-corrected chi connectivity index (χ2v) is 5.20. The van der Waals surface area contributed by atoms with Crippen molar-refractivity contribution in [3.8, 4) is 5.88 Å². The number of hydrogen-bond acceptors (Lipinski definition) is 4. The Hall–Kier alpha value is -1.03. The molecule has 1 aliphatic rings. The van der Waals surface area contributed by atoms with Crippen molar-refractivity contribution in [2.75, 3.05) is 11.9 Å². The maximum absolute atomic E-state index is 6.22. The predicted octanol–water partition coefficient (Wildman–Crippen LogP) is 2.69. The summed E-state index contributed by atoms with van der Waals surface area (Å²) < 4.78 is 5.50. The SMILES string of the molecule is CC(C)Oc1cc(NCC(Cl)C2CC2)ncn1. The first-order valence-corrected chi connectivity index (χ1v) is 6.45. The molecule has 4 nitrogen and oxygen atoms in total. The van der Waals surface area contributed by atoms with Crippen molar-refractivity contribution in [1.29, 1.82) is 0 Å². The van der Waals surface area contributed by atoms with Crippen LogP contribution in [0.3, 0.4) is 0 Å². The quantitative estimate of drug-likeness (QED) is 0.794. The lowest BCUT2D eigenvalue weighted by molar-refractivity contribution is 0.232. The zero-order valence-electron chi connectivity index (χ0n) is 10.2. The van der Waals surface area contributed by atoms with E-state index in [-0.39, 0.29) is 11.5 Å². The molecule has 0 radical (unpaired) electrons. The van der Waals surface area contributed by atoms with E-state index in [1.165, 1.54) is 19.2 Å². The van der Waals surface area contributed by atoms with Crippen molar-refractivity contribution in [2.24, 2.45) is 5.92 Å². The number of nitrogens with one attached hydrogen (secondary N) is 1. The normalized spacial score (nSPS) is 16.9. The fourth-order valence-electron chi connectivity index (χ4n) is 1.57. The zero-order valence-corrected chi connectivity index (χ0v) is 10.9. The first-order chi connectivity index (χ1) is 8.15. The van der Waals surface area contributed by atoms with Gasteiger partial charge in [-0.3, -0.25) is 0 Å². The van der Waals surface area contributed by atoms with Gasteiger partial charge in [0.15, 0.2) is 0 Å². The van der Waals surface area contributed by atoms with Crippen molar-refractivity contribution in [3.05, 3.63) is 12.4 Å². The molecule has 1 aromatic heterocycles. The number of nitrogens with zero attached hydrogens (tertiary/aromatic N) is 2. The Morgan fingerprint density at radius 1 is 1.47 bits per heavy atom. The molecule has 5 heteroatoms. The number of hydrogen-bond donors (Lipinski definition) is 1. The minimum absolute atomic E-state index is 0.116. The standard InChI is InChI=1S/C12H18ClN3O/c1-8(2)17-12-5-11(15-7-16-12)14-6-10(13)9-3-4-9/h5,7-10H,3-4,6H2,1-2H3,(H,14,15,16). The van der Waals surface area contributed by atoms with Gasteiger partial charge in [-0.25, -0.2) is 9.97 Å². The summed E-state index contributed by atoms with van der Waals surface area (Å²) in [6.07, 6.45) is 4.12. The highest BCUT2D eigenvalue weighted by atomic mass is 35.5. The van der Waals surface area contributed by atoms with E-state index in [1.807, 2.05) is 13.8 Å². The van der Waals surface area contributed by atoms with Crippen LogP contribution in [0.2, 0.25) is 0 Å². The molecule has 1 atom stereocenters. The average Bonchev–Trinajstić information content (AvgIpc) is 3.09. The smallest absolute Gasteiger partial charge is 0.218 e. The van der Waals surface area contributed by atoms with Gasteiger partial charge in [-0.05, 0) is 32.6 Å². The highest BCUT2D eigenvalue weighted by molar-refractivity contribution is 6.21. The van der Waals surface area contributed by atoms with E-state index in [1.54, 1.807) is 6.07 Å². The highest BCUT2D eigenvalue weighted by Crippen LogP contribution is 2.35. The Morgan fingerprint density at radius 2 is 2.24 bits per heavy atom. The number of rotatable bonds is 6. The van der Waals surface area contributed by atoms with Gasteiger partial charge < -0.3 is 10.1 Å². The Morgan fingerprint density at radius 3 is 2.88 bits per heavy atom. The van der Waals surface area contributed by atoms with Crippen LogP contribution in [-0.2, 0) is 0 Å². The maximum Gasteiger partial charge on any atom is 0.218 e. The van der Waals surface area contributed by atoms with Crippen LogP contribution in [0.5, 0.6) is 5.88 Å². The van der Waals surface area contributed by atoms with Gasteiger partial charge >= 0.3 is 0 Å². The van der Waals surface area contributed by atoms with E-state index in [0.29, 0.717) is 11.8 Å². The first-order valence-electron chi connectivity index (χ1n) is 6.02. The van der Waals surface area contributed by atoms with Crippen molar-refractivity contribution >= 4 is 17.4 Å². The Labute approximate surface area is 107 Å². The Balaban J connectivity index is 1.86. The second-order valence-electron chi connectivity index (χ2n) is 4.64. The molecule has 17 heavy (non-hydrogen) atoms. The fraction of sp³-hybridized carbons (Fsp3) is 0.667. The van der Waals surface area contributed by atoms with Crippen LogP contribution in [0.4, 0.5) is 5.82 Å². The highest BCUT2D eigenvalue weighted by Gasteiger charge is 2.29. The van der Waals surface area contributed by atoms with E-state index in [9.17, 15) is 0 Å². The van der Waals surface area contributed by atoms with Crippen LogP contribution < -0.4 is 10.1 Å². The summed E-state index contributed by atoms with van der Waals surface area (Å²) in [7, 11) is 0. The number of alkyl halides is 1. The van der Waals surface area contributed by atoms with Crippen LogP contribution in [0.1, 0.15) is 26.7 Å². The molecule has 1 unspecified atom stereocenters. The lowest BCUT2D eigenvalue weighted by Crippen LogP contribution is -2.17. The van der Waals surface area contributed by atoms with Crippen molar-refractivity contribution in [3.63, 3.8) is 0 Å². The van der Waals surface area contributed by atoms with Crippen molar-refractivity contribution in [2.45, 2.75) is 38.2 Å². The summed E-state index contributed by atoms with van der Waals surface area (Å²) in [5.41, 5.74) is 0. The van der Waals surface area contributed by atoms with Crippen molar-refractivity contribution in [1.82, 2.24) is 9.97 Å². The molecule has 1 fully saturated rings. The molecule has 0 aliphatic heterocycles. The largest absolute Gasteiger partial charge is 0.475 e. The van der Waals surface area contributed by atoms with Gasteiger partial charge in [0.2, 0.25) is 5.88 Å². The molecule has 1 aromatic rings. The molecule has 0 amide bonds. The van der Waals surface area contributed by atoms with E-state index in [2.05, 4.69) is 15.3 Å². The molecule has 0 saturated heterocycles. The van der Waals surface area contributed by atoms with E-state index in [4.69, 9.17) is 16.3 Å². The topological polar surface area (TPSA) is 47.0 Å². The number of aromatic nitrogens is 2. The van der Waals surface area contributed by atoms with Crippen LogP contribution >= 0.6 is 11.6 Å². The maximum atomic E-state index is 6.22. The van der Waals surface area contributed by atoms with Gasteiger partial charge in [-0.1, -0.05) is 0 Å². The van der Waals surface area contributed by atoms with Crippen LogP contribution in [0, 0.1) is 5.92 Å². The molecule has 1 N–H and O–H groups in total. The molecule has 2 rings (SSSR count). The van der Waals surface area contributed by atoms with E-state index < -0.39 is 0 Å². The molecule has 0 aromatic carbocycles. The number of ether oxygens (including phenoxy) is 1. The molecule has 1 saturated carbocycles. The third-order valence-corrected chi connectivity index (χ3v) is 3.12. The molecular weight excluding hydrogens is 238 g/mol. The number of anilines is 1. The summed E-state index contributed by atoms with van der Waals surface area (Å²) in [5.74, 6) is 2.04. The molecule has 1 heterocycles. The van der Waals surface area contributed by atoms with E-state index >= 15 is 0 Å². The second kappa shape index (κ2) is 5.54. The number of halogens is 1. The van der Waals surface area contributed by atoms with Crippen LogP contribution in [0.25, 0.3) is 0 Å². The first kappa shape index (κ1) is 12.4. The van der Waals surface area contributed by atoms with Gasteiger partial charge in [0.1, 0.15) is 12.1 Å². The van der Waals surface area contributed by atoms with Gasteiger partial charge in [0.05, 0.1) is 11.5 Å². The summed E-state index contributed by atoms with van der Waals surface area (Å²) in [6, 6.07) is 1.80. The third kappa shape index (κ3) is 4.04. The molecule has 0 spiro atoms. The average molecular weight is 256 g/mol. The summed E-state index contributed by atoms with van der Waals surface area (Å²) >= 11 is 6.22. The molecule has 94 valence electrons. The fourth-order valence-corrected chi connectivity index (χ4v) is 1.90. The van der Waals surface area contributed by atoms with Gasteiger partial charge in [0, 0.05) is 12.6 Å².